The molecule has 1 aliphatic rings. The van der Waals surface area contributed by atoms with Crippen molar-refractivity contribution in [1.82, 2.24) is 14.1 Å². The van der Waals surface area contributed by atoms with Crippen LogP contribution in [0.3, 0.4) is 0 Å². The van der Waals surface area contributed by atoms with Crippen molar-refractivity contribution in [3.8, 4) is 0 Å². The molecule has 0 aromatic carbocycles. The molecule has 140 valence electrons. The highest BCUT2D eigenvalue weighted by Gasteiger charge is 2.25. The van der Waals surface area contributed by atoms with Crippen molar-refractivity contribution in [3.05, 3.63) is 0 Å². The number of amides is 2. The maximum atomic E-state index is 12.3. The second kappa shape index (κ2) is 9.83. The number of nitrogens with zero attached hydrogens (tertiary/aromatic N) is 3. The van der Waals surface area contributed by atoms with Gasteiger partial charge in [-0.2, -0.15) is 0 Å². The fourth-order valence-corrected chi connectivity index (χ4v) is 3.39. The van der Waals surface area contributed by atoms with Gasteiger partial charge in [0, 0.05) is 45.7 Å². The zero-order valence-electron chi connectivity index (χ0n) is 14.9. The second-order valence-corrected chi connectivity index (χ2v) is 7.81. The zero-order valence-corrected chi connectivity index (χ0v) is 15.7. The molecule has 0 atom stereocenters. The van der Waals surface area contributed by atoms with E-state index < -0.39 is 10.0 Å². The van der Waals surface area contributed by atoms with Crippen LogP contribution in [0.25, 0.3) is 0 Å². The molecule has 1 fully saturated rings. The van der Waals surface area contributed by atoms with Gasteiger partial charge in [-0.25, -0.2) is 17.5 Å². The van der Waals surface area contributed by atoms with E-state index in [1.165, 1.54) is 10.6 Å². The molecule has 0 radical (unpaired) electrons. The Kier molecular flexibility index (Phi) is 8.47. The molecule has 1 saturated heterocycles. The van der Waals surface area contributed by atoms with Gasteiger partial charge in [0.15, 0.2) is 0 Å². The molecule has 0 aliphatic carbocycles. The summed E-state index contributed by atoms with van der Waals surface area (Å²) in [5, 5.41) is 0. The summed E-state index contributed by atoms with van der Waals surface area (Å²) in [6.45, 7) is 6.51. The Morgan fingerprint density at radius 2 is 1.62 bits per heavy atom. The van der Waals surface area contributed by atoms with Crippen molar-refractivity contribution in [2.45, 2.75) is 33.1 Å². The molecule has 1 rings (SSSR count). The molecule has 8 nitrogen and oxygen atoms in total. The number of rotatable bonds is 8. The fourth-order valence-electron chi connectivity index (χ4n) is 2.51. The van der Waals surface area contributed by atoms with Gasteiger partial charge in [0.25, 0.3) is 0 Å². The third-order valence-electron chi connectivity index (χ3n) is 3.96. The molecule has 24 heavy (non-hydrogen) atoms. The lowest BCUT2D eigenvalue weighted by Gasteiger charge is -2.34. The van der Waals surface area contributed by atoms with Crippen LogP contribution < -0.4 is 0 Å². The third kappa shape index (κ3) is 6.64. The first-order chi connectivity index (χ1) is 11.3. The summed E-state index contributed by atoms with van der Waals surface area (Å²) in [6, 6.07) is 0. The number of sulfonamides is 1. The molecular formula is C15H29N3O5S. The van der Waals surface area contributed by atoms with Crippen LogP contribution in [0.1, 0.15) is 33.1 Å². The molecule has 0 bridgehead atoms. The van der Waals surface area contributed by atoms with Crippen LogP contribution in [-0.4, -0.2) is 86.7 Å². The molecule has 2 amide bonds. The summed E-state index contributed by atoms with van der Waals surface area (Å²) in [4.78, 5) is 27.2. The Hall–Kier alpha value is -1.35. The van der Waals surface area contributed by atoms with Crippen LogP contribution in [0, 0.1) is 0 Å². The Morgan fingerprint density at radius 3 is 2.12 bits per heavy atom. The van der Waals surface area contributed by atoms with E-state index in [9.17, 15) is 18.0 Å². The fraction of sp³-hybridized carbons (Fsp3) is 0.867. The summed E-state index contributed by atoms with van der Waals surface area (Å²) in [7, 11) is -3.30. The lowest BCUT2D eigenvalue weighted by molar-refractivity contribution is -0.132. The van der Waals surface area contributed by atoms with Crippen LogP contribution in [0.2, 0.25) is 0 Å². The lowest BCUT2D eigenvalue weighted by atomic mass is 10.2. The first kappa shape index (κ1) is 20.7. The highest BCUT2D eigenvalue weighted by atomic mass is 32.2. The number of hydrogen-bond donors (Lipinski definition) is 0. The molecule has 9 heteroatoms. The predicted octanol–water partition coefficient (Wildman–Crippen LogP) is 0.739. The lowest BCUT2D eigenvalue weighted by Crippen LogP contribution is -2.51. The van der Waals surface area contributed by atoms with Crippen molar-refractivity contribution in [2.75, 3.05) is 52.1 Å². The van der Waals surface area contributed by atoms with Crippen molar-refractivity contribution >= 4 is 22.0 Å². The van der Waals surface area contributed by atoms with E-state index in [4.69, 9.17) is 4.74 Å². The van der Waals surface area contributed by atoms with E-state index in [-0.39, 0.29) is 25.0 Å². The van der Waals surface area contributed by atoms with Crippen LogP contribution in [0.5, 0.6) is 0 Å². The summed E-state index contributed by atoms with van der Waals surface area (Å²) < 4.78 is 29.8. The van der Waals surface area contributed by atoms with E-state index in [1.807, 2.05) is 6.92 Å². The molecular weight excluding hydrogens is 334 g/mol. The second-order valence-electron chi connectivity index (χ2n) is 5.83. The summed E-state index contributed by atoms with van der Waals surface area (Å²) in [5.74, 6) is -0.0799. The number of piperazine rings is 1. The van der Waals surface area contributed by atoms with E-state index in [2.05, 4.69) is 0 Å². The van der Waals surface area contributed by atoms with Gasteiger partial charge in [-0.1, -0.05) is 13.3 Å². The Labute approximate surface area is 144 Å². The van der Waals surface area contributed by atoms with Crippen LogP contribution >= 0.6 is 0 Å². The normalized spacial score (nSPS) is 15.7. The molecule has 0 aromatic heterocycles. The van der Waals surface area contributed by atoms with Crippen molar-refractivity contribution < 1.29 is 22.7 Å². The highest BCUT2D eigenvalue weighted by Crippen LogP contribution is 2.08. The van der Waals surface area contributed by atoms with Gasteiger partial charge in [-0.3, -0.25) is 4.79 Å². The molecule has 1 aliphatic heterocycles. The molecule has 1 heterocycles. The molecule has 0 saturated carbocycles. The molecule has 0 aromatic rings. The number of carbonyl (C=O) groups excluding carboxylic acids is 2. The van der Waals surface area contributed by atoms with Crippen LogP contribution in [0.15, 0.2) is 0 Å². The maximum Gasteiger partial charge on any atom is 0.409 e. The summed E-state index contributed by atoms with van der Waals surface area (Å²) in [5.41, 5.74) is 0. The van der Waals surface area contributed by atoms with E-state index in [0.717, 1.165) is 12.8 Å². The Balaban J connectivity index is 2.44. The van der Waals surface area contributed by atoms with E-state index in [1.54, 1.807) is 16.7 Å². The van der Waals surface area contributed by atoms with Gasteiger partial charge < -0.3 is 14.5 Å². The minimum absolute atomic E-state index is 0.0799. The predicted molar refractivity (Wildman–Crippen MR) is 91.1 cm³/mol. The Bertz CT molecular complexity index is 515. The minimum Gasteiger partial charge on any atom is -0.450 e. The third-order valence-corrected chi connectivity index (χ3v) is 5.27. The van der Waals surface area contributed by atoms with Crippen molar-refractivity contribution in [3.63, 3.8) is 0 Å². The monoisotopic (exact) mass is 363 g/mol. The van der Waals surface area contributed by atoms with Crippen molar-refractivity contribution in [1.29, 1.82) is 0 Å². The highest BCUT2D eigenvalue weighted by molar-refractivity contribution is 7.88. The summed E-state index contributed by atoms with van der Waals surface area (Å²) in [6.07, 6.45) is 2.66. The molecule has 0 unspecified atom stereocenters. The topological polar surface area (TPSA) is 87.2 Å². The minimum atomic E-state index is -3.30. The number of ether oxygens (including phenoxy) is 1. The maximum absolute atomic E-state index is 12.3. The van der Waals surface area contributed by atoms with Gasteiger partial charge in [0.2, 0.25) is 15.9 Å². The molecule has 0 N–H and O–H groups in total. The van der Waals surface area contributed by atoms with Gasteiger partial charge in [0.1, 0.15) is 0 Å². The largest absolute Gasteiger partial charge is 0.450 e. The number of carbonyl (C=O) groups is 2. The van der Waals surface area contributed by atoms with Crippen LogP contribution in [0.4, 0.5) is 4.79 Å². The van der Waals surface area contributed by atoms with E-state index >= 15 is 0 Å². The average Bonchev–Trinajstić information content (AvgIpc) is 2.53. The van der Waals surface area contributed by atoms with Crippen molar-refractivity contribution in [2.24, 2.45) is 0 Å². The van der Waals surface area contributed by atoms with Gasteiger partial charge in [-0.05, 0) is 13.3 Å². The molecule has 0 spiro atoms. The average molecular weight is 363 g/mol. The standard InChI is InChI=1S/C15H29N3O5S/c1-4-6-8-18(24(3,21)22)9-7-14(19)16-10-12-17(13-11-16)15(20)23-5-2/h4-13H2,1-3H3. The van der Waals surface area contributed by atoms with Gasteiger partial charge >= 0.3 is 6.09 Å². The first-order valence-electron chi connectivity index (χ1n) is 8.44. The Morgan fingerprint density at radius 1 is 1.04 bits per heavy atom. The first-order valence-corrected chi connectivity index (χ1v) is 10.3. The van der Waals surface area contributed by atoms with E-state index in [0.29, 0.717) is 39.3 Å². The summed E-state index contributed by atoms with van der Waals surface area (Å²) >= 11 is 0. The zero-order chi connectivity index (χ0) is 18.2. The van der Waals surface area contributed by atoms with Gasteiger partial charge in [-0.15, -0.1) is 0 Å². The quantitative estimate of drug-likeness (QED) is 0.635. The number of unbranched alkanes of at least 4 members (excludes halogenated alkanes) is 1. The SMILES string of the molecule is CCCCN(CCC(=O)N1CCN(C(=O)OCC)CC1)S(C)(=O)=O. The smallest absolute Gasteiger partial charge is 0.409 e. The number of hydrogen-bond acceptors (Lipinski definition) is 5. The van der Waals surface area contributed by atoms with Gasteiger partial charge in [0.05, 0.1) is 12.9 Å². The van der Waals surface area contributed by atoms with Crippen LogP contribution in [-0.2, 0) is 19.6 Å².